The van der Waals surface area contributed by atoms with E-state index in [1.165, 1.54) is 19.2 Å². The summed E-state index contributed by atoms with van der Waals surface area (Å²) in [5.41, 5.74) is 0.527. The molecule has 0 saturated heterocycles. The van der Waals surface area contributed by atoms with Crippen LogP contribution in [0.25, 0.3) is 0 Å². The van der Waals surface area contributed by atoms with Gasteiger partial charge in [-0.1, -0.05) is 19.0 Å². The van der Waals surface area contributed by atoms with Crippen molar-refractivity contribution in [3.8, 4) is 0 Å². The summed E-state index contributed by atoms with van der Waals surface area (Å²) in [5, 5.41) is 6.64. The smallest absolute Gasteiger partial charge is 0.240 e. The van der Waals surface area contributed by atoms with E-state index in [0.717, 1.165) is 0 Å². The van der Waals surface area contributed by atoms with Crippen molar-refractivity contribution in [2.75, 3.05) is 19.0 Å². The van der Waals surface area contributed by atoms with Gasteiger partial charge in [0, 0.05) is 37.6 Å². The highest BCUT2D eigenvalue weighted by molar-refractivity contribution is 7.89. The van der Waals surface area contributed by atoms with Gasteiger partial charge in [-0.3, -0.25) is 4.79 Å². The average Bonchev–Trinajstić information content (AvgIpc) is 3.11. The third kappa shape index (κ3) is 7.22. The van der Waals surface area contributed by atoms with E-state index in [1.807, 2.05) is 13.8 Å². The number of methoxy groups -OCH3 is 1. The topological polar surface area (TPSA) is 123 Å². The lowest BCUT2D eigenvalue weighted by atomic mass is 10.2. The number of carbonyl (C=O) groups excluding carboxylic acids is 1. The first-order valence-corrected chi connectivity index (χ1v) is 10.9. The molecule has 0 fully saturated rings. The maximum atomic E-state index is 12.3. The number of benzene rings is 1. The van der Waals surface area contributed by atoms with Gasteiger partial charge < -0.3 is 14.6 Å². The highest BCUT2D eigenvalue weighted by Crippen LogP contribution is 2.15. The molecule has 0 aliphatic carbocycles. The second kappa shape index (κ2) is 10.5. The van der Waals surface area contributed by atoms with Crippen LogP contribution in [-0.4, -0.2) is 44.2 Å². The van der Waals surface area contributed by atoms with Crippen molar-refractivity contribution in [3.05, 3.63) is 36.0 Å². The Kier molecular flexibility index (Phi) is 8.30. The third-order valence-electron chi connectivity index (χ3n) is 4.02. The Balaban J connectivity index is 1.83. The molecule has 2 rings (SSSR count). The number of anilines is 1. The molecule has 2 N–H and O–H groups in total. The first-order chi connectivity index (χ1) is 13.7. The van der Waals surface area contributed by atoms with Crippen LogP contribution in [0.5, 0.6) is 0 Å². The first-order valence-electron chi connectivity index (χ1n) is 9.45. The normalized spacial score (nSPS) is 12.9. The van der Waals surface area contributed by atoms with Crippen LogP contribution < -0.4 is 10.0 Å². The maximum Gasteiger partial charge on any atom is 0.240 e. The molecule has 9 nitrogen and oxygen atoms in total. The second-order valence-electron chi connectivity index (χ2n) is 7.10. The number of aromatic nitrogens is 2. The molecule has 0 spiro atoms. The molecule has 1 amide bonds. The molecule has 160 valence electrons. The molecular formula is C19H28N4O5S. The minimum atomic E-state index is -3.64. The van der Waals surface area contributed by atoms with Gasteiger partial charge in [0.2, 0.25) is 21.8 Å². The van der Waals surface area contributed by atoms with E-state index in [2.05, 4.69) is 20.2 Å². The number of hydrogen-bond donors (Lipinski definition) is 2. The molecule has 2 aromatic rings. The number of nitrogens with one attached hydrogen (secondary N) is 2. The van der Waals surface area contributed by atoms with E-state index >= 15 is 0 Å². The van der Waals surface area contributed by atoms with Crippen LogP contribution in [0.2, 0.25) is 0 Å². The number of carbonyl (C=O) groups is 1. The molecule has 0 radical (unpaired) electrons. The SMILES string of the molecule is COCC(C)NS(=O)(=O)c1ccc(NC(=O)CCCc2nc(C(C)C)no2)cc1. The zero-order valence-electron chi connectivity index (χ0n) is 17.1. The van der Waals surface area contributed by atoms with Gasteiger partial charge in [0.15, 0.2) is 5.82 Å². The molecule has 29 heavy (non-hydrogen) atoms. The van der Waals surface area contributed by atoms with Crippen molar-refractivity contribution in [1.29, 1.82) is 0 Å². The van der Waals surface area contributed by atoms with Gasteiger partial charge in [-0.15, -0.1) is 0 Å². The minimum Gasteiger partial charge on any atom is -0.383 e. The number of rotatable bonds is 11. The van der Waals surface area contributed by atoms with E-state index in [-0.39, 0.29) is 35.8 Å². The van der Waals surface area contributed by atoms with Crippen LogP contribution in [-0.2, 0) is 26.0 Å². The highest BCUT2D eigenvalue weighted by Gasteiger charge is 2.17. The summed E-state index contributed by atoms with van der Waals surface area (Å²) in [4.78, 5) is 16.5. The van der Waals surface area contributed by atoms with E-state index in [9.17, 15) is 13.2 Å². The summed E-state index contributed by atoms with van der Waals surface area (Å²) in [6.07, 6.45) is 1.38. The lowest BCUT2D eigenvalue weighted by Crippen LogP contribution is -2.35. The van der Waals surface area contributed by atoms with Gasteiger partial charge in [0.05, 0.1) is 11.5 Å². The molecule has 1 aromatic heterocycles. The lowest BCUT2D eigenvalue weighted by Gasteiger charge is -2.13. The number of nitrogens with zero attached hydrogens (tertiary/aromatic N) is 2. The molecule has 0 saturated carbocycles. The van der Waals surface area contributed by atoms with Crippen molar-refractivity contribution >= 4 is 21.6 Å². The lowest BCUT2D eigenvalue weighted by molar-refractivity contribution is -0.116. The standard InChI is InChI=1S/C19H28N4O5S/c1-13(2)19-21-18(28-22-19)7-5-6-17(24)20-15-8-10-16(11-9-15)29(25,26)23-14(3)12-27-4/h8-11,13-14,23H,5-7,12H2,1-4H3,(H,20,24). The van der Waals surface area contributed by atoms with Gasteiger partial charge in [0.25, 0.3) is 0 Å². The van der Waals surface area contributed by atoms with Gasteiger partial charge in [-0.2, -0.15) is 4.98 Å². The third-order valence-corrected chi connectivity index (χ3v) is 5.62. The van der Waals surface area contributed by atoms with E-state index in [4.69, 9.17) is 9.26 Å². The predicted molar refractivity (Wildman–Crippen MR) is 108 cm³/mol. The molecule has 10 heteroatoms. The molecule has 0 aliphatic rings. The summed E-state index contributed by atoms with van der Waals surface area (Å²) in [6.45, 7) is 5.95. The fraction of sp³-hybridized carbons (Fsp3) is 0.526. The van der Waals surface area contributed by atoms with Gasteiger partial charge in [-0.25, -0.2) is 13.1 Å². The number of aryl methyl sites for hydroxylation is 1. The Morgan fingerprint density at radius 1 is 1.21 bits per heavy atom. The van der Waals surface area contributed by atoms with Crippen LogP contribution in [0.15, 0.2) is 33.7 Å². The molecule has 1 unspecified atom stereocenters. The van der Waals surface area contributed by atoms with Crippen LogP contribution in [0.1, 0.15) is 51.2 Å². The molecule has 1 aromatic carbocycles. The number of ether oxygens (including phenoxy) is 1. The largest absolute Gasteiger partial charge is 0.383 e. The predicted octanol–water partition coefficient (Wildman–Crippen LogP) is 2.47. The Labute approximate surface area is 171 Å². The summed E-state index contributed by atoms with van der Waals surface area (Å²) >= 11 is 0. The fourth-order valence-electron chi connectivity index (χ4n) is 2.56. The molecule has 0 bridgehead atoms. The molecule has 1 heterocycles. The number of hydrogen-bond acceptors (Lipinski definition) is 7. The van der Waals surface area contributed by atoms with Gasteiger partial charge in [-0.05, 0) is 37.6 Å². The van der Waals surface area contributed by atoms with Crippen molar-refractivity contribution in [2.45, 2.75) is 56.9 Å². The van der Waals surface area contributed by atoms with Crippen molar-refractivity contribution in [2.24, 2.45) is 0 Å². The first kappa shape index (κ1) is 23.0. The van der Waals surface area contributed by atoms with Gasteiger partial charge in [0.1, 0.15) is 0 Å². The highest BCUT2D eigenvalue weighted by atomic mass is 32.2. The summed E-state index contributed by atoms with van der Waals surface area (Å²) < 4.78 is 37.2. The molecule has 1 atom stereocenters. The Morgan fingerprint density at radius 3 is 2.48 bits per heavy atom. The van der Waals surface area contributed by atoms with E-state index in [1.54, 1.807) is 19.1 Å². The van der Waals surface area contributed by atoms with Crippen LogP contribution in [0.4, 0.5) is 5.69 Å². The van der Waals surface area contributed by atoms with Crippen molar-refractivity contribution < 1.29 is 22.5 Å². The Morgan fingerprint density at radius 2 is 1.90 bits per heavy atom. The average molecular weight is 425 g/mol. The summed E-state index contributed by atoms with van der Waals surface area (Å²) in [7, 11) is -2.13. The Hall–Kier alpha value is -2.30. The monoisotopic (exact) mass is 424 g/mol. The minimum absolute atomic E-state index is 0.121. The summed E-state index contributed by atoms with van der Waals surface area (Å²) in [5.74, 6) is 1.20. The quantitative estimate of drug-likeness (QED) is 0.568. The molecule has 0 aliphatic heterocycles. The van der Waals surface area contributed by atoms with Crippen molar-refractivity contribution in [3.63, 3.8) is 0 Å². The van der Waals surface area contributed by atoms with Crippen molar-refractivity contribution in [1.82, 2.24) is 14.9 Å². The van der Waals surface area contributed by atoms with Gasteiger partial charge >= 0.3 is 0 Å². The maximum absolute atomic E-state index is 12.3. The van der Waals surface area contributed by atoms with E-state index < -0.39 is 10.0 Å². The zero-order chi connectivity index (χ0) is 21.4. The second-order valence-corrected chi connectivity index (χ2v) is 8.82. The number of amides is 1. The van der Waals surface area contributed by atoms with E-state index in [0.29, 0.717) is 30.2 Å². The molecular weight excluding hydrogens is 396 g/mol. The van der Waals surface area contributed by atoms with Crippen LogP contribution in [0, 0.1) is 0 Å². The zero-order valence-corrected chi connectivity index (χ0v) is 18.0. The summed E-state index contributed by atoms with van der Waals surface area (Å²) in [6, 6.07) is 5.66. The Bertz CT molecular complexity index is 894. The fourth-order valence-corrected chi connectivity index (χ4v) is 3.79. The van der Waals surface area contributed by atoms with Crippen LogP contribution in [0.3, 0.4) is 0 Å². The number of sulfonamides is 1. The van der Waals surface area contributed by atoms with Crippen LogP contribution >= 0.6 is 0 Å².